The van der Waals surface area contributed by atoms with Crippen LogP contribution in [0.15, 0.2) is 54.7 Å². The molecule has 1 N–H and O–H groups in total. The molecule has 0 unspecified atom stereocenters. The molecular weight excluding hydrogens is 286 g/mol. The van der Waals surface area contributed by atoms with Crippen LogP contribution in [0.2, 0.25) is 0 Å². The minimum absolute atomic E-state index is 0.115. The maximum absolute atomic E-state index is 12.5. The monoisotopic (exact) mass is 304 g/mol. The summed E-state index contributed by atoms with van der Waals surface area (Å²) in [6, 6.07) is 19.0. The SMILES string of the molecule is O=C(c1ccc(-n2ccc3cc[c]cc32)cc1)N1CCNCC1. The van der Waals surface area contributed by atoms with E-state index in [0.717, 1.165) is 42.9 Å². The lowest BCUT2D eigenvalue weighted by Gasteiger charge is -2.27. The highest BCUT2D eigenvalue weighted by Gasteiger charge is 2.17. The summed E-state index contributed by atoms with van der Waals surface area (Å²) in [6.45, 7) is 3.29. The molecule has 1 aromatic heterocycles. The zero-order chi connectivity index (χ0) is 15.6. The van der Waals surface area contributed by atoms with Crippen LogP contribution < -0.4 is 5.32 Å². The first-order valence-corrected chi connectivity index (χ1v) is 7.90. The minimum Gasteiger partial charge on any atom is -0.336 e. The van der Waals surface area contributed by atoms with Gasteiger partial charge in [-0.05, 0) is 47.9 Å². The van der Waals surface area contributed by atoms with Crippen LogP contribution in [0.3, 0.4) is 0 Å². The highest BCUT2D eigenvalue weighted by molar-refractivity contribution is 5.94. The van der Waals surface area contributed by atoms with Gasteiger partial charge in [-0.3, -0.25) is 4.79 Å². The molecule has 1 fully saturated rings. The van der Waals surface area contributed by atoms with Gasteiger partial charge in [0, 0.05) is 43.6 Å². The molecule has 1 saturated heterocycles. The van der Waals surface area contributed by atoms with Gasteiger partial charge in [0.05, 0.1) is 5.52 Å². The van der Waals surface area contributed by atoms with Gasteiger partial charge in [0.25, 0.3) is 5.91 Å². The molecule has 115 valence electrons. The van der Waals surface area contributed by atoms with Gasteiger partial charge in [0.15, 0.2) is 0 Å². The third-order valence-corrected chi connectivity index (χ3v) is 4.33. The summed E-state index contributed by atoms with van der Waals surface area (Å²) in [5.74, 6) is 0.115. The summed E-state index contributed by atoms with van der Waals surface area (Å²) in [4.78, 5) is 14.4. The van der Waals surface area contributed by atoms with Crippen LogP contribution in [0.25, 0.3) is 16.6 Å². The number of nitrogens with one attached hydrogen (secondary N) is 1. The summed E-state index contributed by atoms with van der Waals surface area (Å²) >= 11 is 0. The van der Waals surface area contributed by atoms with Crippen LogP contribution in [0.1, 0.15) is 10.4 Å². The summed E-state index contributed by atoms with van der Waals surface area (Å²) in [6.07, 6.45) is 2.05. The smallest absolute Gasteiger partial charge is 0.253 e. The van der Waals surface area contributed by atoms with Crippen molar-refractivity contribution in [1.29, 1.82) is 0 Å². The zero-order valence-corrected chi connectivity index (χ0v) is 12.8. The Morgan fingerprint density at radius 3 is 2.61 bits per heavy atom. The highest BCUT2D eigenvalue weighted by atomic mass is 16.2. The fourth-order valence-electron chi connectivity index (χ4n) is 3.06. The van der Waals surface area contributed by atoms with Crippen LogP contribution in [0.5, 0.6) is 0 Å². The lowest BCUT2D eigenvalue weighted by atomic mass is 10.1. The van der Waals surface area contributed by atoms with E-state index in [0.29, 0.717) is 0 Å². The average molecular weight is 304 g/mol. The van der Waals surface area contributed by atoms with Gasteiger partial charge in [-0.15, -0.1) is 0 Å². The Hall–Kier alpha value is -2.59. The summed E-state index contributed by atoms with van der Waals surface area (Å²) in [5, 5.41) is 4.45. The Labute approximate surface area is 135 Å². The lowest BCUT2D eigenvalue weighted by Crippen LogP contribution is -2.46. The van der Waals surface area contributed by atoms with E-state index < -0.39 is 0 Å². The van der Waals surface area contributed by atoms with Crippen LogP contribution in [0, 0.1) is 6.07 Å². The van der Waals surface area contributed by atoms with Gasteiger partial charge in [0.2, 0.25) is 0 Å². The van der Waals surface area contributed by atoms with Crippen molar-refractivity contribution in [3.8, 4) is 5.69 Å². The van der Waals surface area contributed by atoms with Crippen molar-refractivity contribution in [3.63, 3.8) is 0 Å². The number of piperazine rings is 1. The van der Waals surface area contributed by atoms with E-state index in [-0.39, 0.29) is 5.91 Å². The molecule has 2 aromatic carbocycles. The predicted octanol–water partition coefficient (Wildman–Crippen LogP) is 2.48. The number of amides is 1. The van der Waals surface area contributed by atoms with Crippen molar-refractivity contribution in [2.45, 2.75) is 0 Å². The number of hydrogen-bond donors (Lipinski definition) is 1. The molecule has 0 bridgehead atoms. The maximum atomic E-state index is 12.5. The van der Waals surface area contributed by atoms with Gasteiger partial charge in [-0.1, -0.05) is 12.1 Å². The first-order valence-electron chi connectivity index (χ1n) is 7.90. The third kappa shape index (κ3) is 2.62. The standard InChI is InChI=1S/C19H18N3O/c23-19(21-13-10-20-11-14-21)16-5-7-17(8-6-16)22-12-9-15-3-1-2-4-18(15)22/h1,3-9,12,20H,10-11,13-14H2. The molecule has 1 aliphatic heterocycles. The van der Waals surface area contributed by atoms with Crippen molar-refractivity contribution in [2.75, 3.05) is 26.2 Å². The number of benzene rings is 2. The van der Waals surface area contributed by atoms with E-state index in [1.54, 1.807) is 0 Å². The number of nitrogens with zero attached hydrogens (tertiary/aromatic N) is 2. The third-order valence-electron chi connectivity index (χ3n) is 4.33. The molecule has 1 aliphatic rings. The average Bonchev–Trinajstić information content (AvgIpc) is 3.06. The number of rotatable bonds is 2. The van der Waals surface area contributed by atoms with E-state index in [1.165, 1.54) is 5.39 Å². The number of carbonyl (C=O) groups is 1. The zero-order valence-electron chi connectivity index (χ0n) is 12.8. The van der Waals surface area contributed by atoms with Crippen molar-refractivity contribution >= 4 is 16.8 Å². The fourth-order valence-corrected chi connectivity index (χ4v) is 3.06. The van der Waals surface area contributed by atoms with E-state index >= 15 is 0 Å². The van der Waals surface area contributed by atoms with Crippen LogP contribution in [0.4, 0.5) is 0 Å². The summed E-state index contributed by atoms with van der Waals surface area (Å²) in [5.41, 5.74) is 2.92. The molecule has 1 amide bonds. The topological polar surface area (TPSA) is 37.3 Å². The Balaban J connectivity index is 1.61. The molecule has 4 rings (SSSR count). The molecule has 23 heavy (non-hydrogen) atoms. The molecule has 1 radical (unpaired) electrons. The van der Waals surface area contributed by atoms with Crippen LogP contribution in [-0.4, -0.2) is 41.6 Å². The van der Waals surface area contributed by atoms with Crippen molar-refractivity contribution < 1.29 is 4.79 Å². The van der Waals surface area contributed by atoms with Crippen LogP contribution >= 0.6 is 0 Å². The van der Waals surface area contributed by atoms with Crippen LogP contribution in [-0.2, 0) is 0 Å². The van der Waals surface area contributed by atoms with Gasteiger partial charge >= 0.3 is 0 Å². The van der Waals surface area contributed by atoms with Crippen molar-refractivity contribution in [2.24, 2.45) is 0 Å². The van der Waals surface area contributed by atoms with Gasteiger partial charge < -0.3 is 14.8 Å². The minimum atomic E-state index is 0.115. The Kier molecular flexibility index (Phi) is 3.60. The van der Waals surface area contributed by atoms with Gasteiger partial charge in [-0.2, -0.15) is 0 Å². The first kappa shape index (κ1) is 14.0. The number of aromatic nitrogens is 1. The second-order valence-electron chi connectivity index (χ2n) is 5.76. The number of fused-ring (bicyclic) bond motifs is 1. The molecule has 2 heterocycles. The number of hydrogen-bond acceptors (Lipinski definition) is 2. The Bertz CT molecular complexity index is 829. The molecular formula is C19H18N3O. The molecule has 4 nitrogen and oxygen atoms in total. The largest absolute Gasteiger partial charge is 0.336 e. The summed E-state index contributed by atoms with van der Waals surface area (Å²) in [7, 11) is 0. The van der Waals surface area contributed by atoms with Gasteiger partial charge in [-0.25, -0.2) is 0 Å². The molecule has 0 saturated carbocycles. The maximum Gasteiger partial charge on any atom is 0.253 e. The molecule has 0 spiro atoms. The number of carbonyl (C=O) groups excluding carboxylic acids is 1. The second-order valence-corrected chi connectivity index (χ2v) is 5.76. The van der Waals surface area contributed by atoms with Gasteiger partial charge in [0.1, 0.15) is 0 Å². The predicted molar refractivity (Wildman–Crippen MR) is 90.9 cm³/mol. The molecule has 0 atom stereocenters. The highest BCUT2D eigenvalue weighted by Crippen LogP contribution is 2.20. The van der Waals surface area contributed by atoms with Crippen molar-refractivity contribution in [1.82, 2.24) is 14.8 Å². The quantitative estimate of drug-likeness (QED) is 0.790. The normalized spacial score (nSPS) is 15.0. The second kappa shape index (κ2) is 5.89. The molecule has 4 heteroatoms. The Morgan fingerprint density at radius 2 is 1.83 bits per heavy atom. The van der Waals surface area contributed by atoms with E-state index in [1.807, 2.05) is 53.6 Å². The fraction of sp³-hybridized carbons (Fsp3) is 0.211. The molecule has 0 aliphatic carbocycles. The van der Waals surface area contributed by atoms with Crippen molar-refractivity contribution in [3.05, 3.63) is 66.4 Å². The molecule has 3 aromatic rings. The lowest BCUT2D eigenvalue weighted by molar-refractivity contribution is 0.0736. The van der Waals surface area contributed by atoms with E-state index in [4.69, 9.17) is 0 Å². The van der Waals surface area contributed by atoms with E-state index in [2.05, 4.69) is 22.0 Å². The Morgan fingerprint density at radius 1 is 1.04 bits per heavy atom. The summed E-state index contributed by atoms with van der Waals surface area (Å²) < 4.78 is 2.12. The first-order chi connectivity index (χ1) is 11.3. The van der Waals surface area contributed by atoms with E-state index in [9.17, 15) is 4.79 Å².